The van der Waals surface area contributed by atoms with Gasteiger partial charge in [0, 0.05) is 51.4 Å². The Morgan fingerprint density at radius 3 is 2.83 bits per heavy atom. The van der Waals surface area contributed by atoms with Gasteiger partial charge in [0.1, 0.15) is 0 Å². The van der Waals surface area contributed by atoms with E-state index in [1.165, 1.54) is 0 Å². The Kier molecular flexibility index (Phi) is 5.55. The minimum absolute atomic E-state index is 0.0434. The van der Waals surface area contributed by atoms with E-state index < -0.39 is 0 Å². The summed E-state index contributed by atoms with van der Waals surface area (Å²) in [5.74, 6) is 0.953. The highest BCUT2D eigenvalue weighted by Gasteiger charge is 2.28. The van der Waals surface area contributed by atoms with Gasteiger partial charge in [-0.05, 0) is 24.1 Å². The van der Waals surface area contributed by atoms with Crippen LogP contribution in [0.3, 0.4) is 0 Å². The molecular formula is C20H23N7O3. The van der Waals surface area contributed by atoms with Crippen LogP contribution in [0, 0.1) is 6.92 Å². The summed E-state index contributed by atoms with van der Waals surface area (Å²) in [5.41, 5.74) is 3.04. The fourth-order valence-electron chi connectivity index (χ4n) is 3.49. The Labute approximate surface area is 173 Å². The van der Waals surface area contributed by atoms with Crippen molar-refractivity contribution < 1.29 is 14.1 Å². The molecule has 4 rings (SSSR count). The number of carbonyl (C=O) groups excluding carboxylic acids is 2. The summed E-state index contributed by atoms with van der Waals surface area (Å²) in [4.78, 5) is 37.0. The van der Waals surface area contributed by atoms with Crippen molar-refractivity contribution in [3.8, 4) is 0 Å². The van der Waals surface area contributed by atoms with Crippen molar-refractivity contribution in [2.24, 2.45) is 0 Å². The topological polar surface area (TPSA) is 121 Å². The third kappa shape index (κ3) is 4.22. The van der Waals surface area contributed by atoms with Crippen LogP contribution in [-0.2, 0) is 30.6 Å². The molecule has 1 aliphatic heterocycles. The normalized spacial score (nSPS) is 13.2. The van der Waals surface area contributed by atoms with Crippen molar-refractivity contribution in [1.29, 1.82) is 0 Å². The number of fused-ring (bicyclic) bond motifs is 1. The predicted molar refractivity (Wildman–Crippen MR) is 105 cm³/mol. The average Bonchev–Trinajstić information content (AvgIpc) is 3.37. The molecule has 0 atom stereocenters. The summed E-state index contributed by atoms with van der Waals surface area (Å²) < 4.78 is 4.95. The van der Waals surface area contributed by atoms with Crippen LogP contribution in [0.2, 0.25) is 0 Å². The maximum Gasteiger partial charge on any atom is 0.274 e. The molecule has 0 fully saturated rings. The molecule has 0 aliphatic carbocycles. The van der Waals surface area contributed by atoms with E-state index >= 15 is 0 Å². The van der Waals surface area contributed by atoms with E-state index in [0.717, 1.165) is 16.8 Å². The van der Waals surface area contributed by atoms with Crippen LogP contribution in [0.15, 0.2) is 29.0 Å². The lowest BCUT2D eigenvalue weighted by Crippen LogP contribution is -2.37. The minimum Gasteiger partial charge on any atom is -0.340 e. The standard InChI is InChI=1S/C20H23N7O3/c1-13-22-17(25-30-13)6-9-26(2)20(29)19-15-5-10-27(12-16(15)23-24-19)18(28)11-14-3-7-21-8-4-14/h3-4,7-8H,5-6,9-12H2,1-2H3,(H,23,24). The van der Waals surface area contributed by atoms with E-state index in [4.69, 9.17) is 4.52 Å². The lowest BCUT2D eigenvalue weighted by molar-refractivity contribution is -0.131. The van der Waals surface area contributed by atoms with Gasteiger partial charge in [-0.2, -0.15) is 10.1 Å². The van der Waals surface area contributed by atoms with E-state index in [9.17, 15) is 9.59 Å². The fraction of sp³-hybridized carbons (Fsp3) is 0.400. The van der Waals surface area contributed by atoms with Gasteiger partial charge in [-0.25, -0.2) is 0 Å². The highest BCUT2D eigenvalue weighted by atomic mass is 16.5. The first kappa shape index (κ1) is 19.7. The Hall–Kier alpha value is -3.56. The quantitative estimate of drug-likeness (QED) is 0.643. The van der Waals surface area contributed by atoms with Gasteiger partial charge in [-0.15, -0.1) is 0 Å². The number of hydrogen-bond acceptors (Lipinski definition) is 7. The van der Waals surface area contributed by atoms with Crippen molar-refractivity contribution in [1.82, 2.24) is 35.1 Å². The first-order chi connectivity index (χ1) is 14.5. The number of pyridine rings is 1. The number of nitrogens with zero attached hydrogens (tertiary/aromatic N) is 6. The number of aromatic amines is 1. The molecule has 30 heavy (non-hydrogen) atoms. The average molecular weight is 409 g/mol. The molecule has 0 spiro atoms. The Morgan fingerprint density at radius 1 is 1.30 bits per heavy atom. The van der Waals surface area contributed by atoms with Gasteiger partial charge in [-0.3, -0.25) is 19.7 Å². The van der Waals surface area contributed by atoms with Gasteiger partial charge >= 0.3 is 0 Å². The molecule has 1 N–H and O–H groups in total. The van der Waals surface area contributed by atoms with E-state index in [-0.39, 0.29) is 11.8 Å². The summed E-state index contributed by atoms with van der Waals surface area (Å²) >= 11 is 0. The largest absolute Gasteiger partial charge is 0.340 e. The van der Waals surface area contributed by atoms with Crippen LogP contribution in [0.1, 0.15) is 39.0 Å². The molecule has 0 unspecified atom stereocenters. The molecule has 0 saturated heterocycles. The summed E-state index contributed by atoms with van der Waals surface area (Å²) in [6.07, 6.45) is 4.78. The van der Waals surface area contributed by atoms with Gasteiger partial charge in [0.15, 0.2) is 11.5 Å². The number of amides is 2. The molecule has 3 aromatic heterocycles. The summed E-state index contributed by atoms with van der Waals surface area (Å²) in [5, 5.41) is 11.0. The summed E-state index contributed by atoms with van der Waals surface area (Å²) in [7, 11) is 1.73. The molecule has 2 amide bonds. The predicted octanol–water partition coefficient (Wildman–Crippen LogP) is 0.938. The highest BCUT2D eigenvalue weighted by Crippen LogP contribution is 2.22. The van der Waals surface area contributed by atoms with Crippen LogP contribution < -0.4 is 0 Å². The van der Waals surface area contributed by atoms with Crippen LogP contribution in [0.5, 0.6) is 0 Å². The van der Waals surface area contributed by atoms with E-state index in [1.54, 1.807) is 36.2 Å². The molecule has 0 aromatic carbocycles. The van der Waals surface area contributed by atoms with Gasteiger partial charge in [0.25, 0.3) is 5.91 Å². The second kappa shape index (κ2) is 8.44. The van der Waals surface area contributed by atoms with Gasteiger partial charge in [0.05, 0.1) is 18.7 Å². The minimum atomic E-state index is -0.163. The van der Waals surface area contributed by atoms with Crippen molar-refractivity contribution in [2.75, 3.05) is 20.1 Å². The second-order valence-electron chi connectivity index (χ2n) is 7.33. The number of aryl methyl sites for hydroxylation is 1. The monoisotopic (exact) mass is 409 g/mol. The van der Waals surface area contributed by atoms with Crippen LogP contribution in [-0.4, -0.2) is 67.1 Å². The number of H-pyrrole nitrogens is 1. The molecule has 10 heteroatoms. The number of aromatic nitrogens is 5. The molecule has 3 aromatic rings. The van der Waals surface area contributed by atoms with E-state index in [0.29, 0.717) is 56.3 Å². The van der Waals surface area contributed by atoms with Crippen molar-refractivity contribution in [3.63, 3.8) is 0 Å². The molecule has 1 aliphatic rings. The van der Waals surface area contributed by atoms with Gasteiger partial charge in [0.2, 0.25) is 11.8 Å². The first-order valence-electron chi connectivity index (χ1n) is 9.78. The molecule has 4 heterocycles. The lowest BCUT2D eigenvalue weighted by Gasteiger charge is -2.27. The van der Waals surface area contributed by atoms with E-state index in [2.05, 4.69) is 25.3 Å². The van der Waals surface area contributed by atoms with Gasteiger partial charge < -0.3 is 14.3 Å². The second-order valence-corrected chi connectivity index (χ2v) is 7.33. The molecule has 0 saturated carbocycles. The molecule has 10 nitrogen and oxygen atoms in total. The number of likely N-dealkylation sites (N-methyl/N-ethyl adjacent to an activating group) is 1. The fourth-order valence-corrected chi connectivity index (χ4v) is 3.49. The van der Waals surface area contributed by atoms with Crippen LogP contribution >= 0.6 is 0 Å². The molecular weight excluding hydrogens is 386 g/mol. The smallest absolute Gasteiger partial charge is 0.274 e. The van der Waals surface area contributed by atoms with Crippen molar-refractivity contribution in [2.45, 2.75) is 32.7 Å². The zero-order valence-electron chi connectivity index (χ0n) is 17.0. The number of hydrogen-bond donors (Lipinski definition) is 1. The van der Waals surface area contributed by atoms with E-state index in [1.807, 2.05) is 12.1 Å². The van der Waals surface area contributed by atoms with Crippen LogP contribution in [0.25, 0.3) is 0 Å². The molecule has 0 bridgehead atoms. The number of carbonyl (C=O) groups is 2. The maximum absolute atomic E-state index is 12.9. The molecule has 156 valence electrons. The third-order valence-electron chi connectivity index (χ3n) is 5.18. The summed E-state index contributed by atoms with van der Waals surface area (Å²) in [6.45, 7) is 3.16. The molecule has 0 radical (unpaired) electrons. The zero-order chi connectivity index (χ0) is 21.1. The number of nitrogens with one attached hydrogen (secondary N) is 1. The van der Waals surface area contributed by atoms with Crippen molar-refractivity contribution >= 4 is 11.8 Å². The Bertz CT molecular complexity index is 1040. The summed E-state index contributed by atoms with van der Waals surface area (Å²) in [6, 6.07) is 3.68. The first-order valence-corrected chi connectivity index (χ1v) is 9.78. The Morgan fingerprint density at radius 2 is 2.10 bits per heavy atom. The SMILES string of the molecule is Cc1nc(CCN(C)C(=O)c2n[nH]c3c2CCN(C(=O)Cc2ccncc2)C3)no1. The Balaban J connectivity index is 1.37. The third-order valence-corrected chi connectivity index (χ3v) is 5.18. The van der Waals surface area contributed by atoms with Gasteiger partial charge in [-0.1, -0.05) is 5.16 Å². The highest BCUT2D eigenvalue weighted by molar-refractivity contribution is 5.94. The van der Waals surface area contributed by atoms with Crippen molar-refractivity contribution in [3.05, 3.63) is 58.8 Å². The number of rotatable bonds is 6. The zero-order valence-corrected chi connectivity index (χ0v) is 17.0. The lowest BCUT2D eigenvalue weighted by atomic mass is 10.0. The maximum atomic E-state index is 12.9. The van der Waals surface area contributed by atoms with Crippen LogP contribution in [0.4, 0.5) is 0 Å².